The van der Waals surface area contributed by atoms with Gasteiger partial charge in [-0.15, -0.1) is 40.4 Å². The summed E-state index contributed by atoms with van der Waals surface area (Å²) >= 11 is 0. The second-order valence-electron chi connectivity index (χ2n) is 18.8. The van der Waals surface area contributed by atoms with Gasteiger partial charge in [-0.05, 0) is 63.2 Å². The van der Waals surface area contributed by atoms with Crippen LogP contribution in [0.4, 0.5) is 8.78 Å². The fourth-order valence-corrected chi connectivity index (χ4v) is 9.38. The Morgan fingerprint density at radius 2 is 1.26 bits per heavy atom. The van der Waals surface area contributed by atoms with E-state index in [9.17, 15) is 0 Å². The molecule has 0 bridgehead atoms. The third kappa shape index (κ3) is 6.91. The van der Waals surface area contributed by atoms with Crippen molar-refractivity contribution in [2.24, 2.45) is 0 Å². The summed E-state index contributed by atoms with van der Waals surface area (Å²) in [5, 5.41) is 3.98. The van der Waals surface area contributed by atoms with Gasteiger partial charge in [-0.25, -0.2) is 9.97 Å². The van der Waals surface area contributed by atoms with Crippen LogP contribution in [0.25, 0.3) is 88.7 Å². The van der Waals surface area contributed by atoms with Crippen LogP contribution in [0.1, 0.15) is 63.8 Å². The Morgan fingerprint density at radius 1 is 0.569 bits per heavy atom. The van der Waals surface area contributed by atoms with E-state index >= 15 is 8.78 Å². The predicted molar refractivity (Wildman–Crippen MR) is 258 cm³/mol. The second kappa shape index (κ2) is 15.5. The summed E-state index contributed by atoms with van der Waals surface area (Å²) in [4.78, 5) is 15.7. The molecule has 0 radical (unpaired) electrons. The third-order valence-electron chi connectivity index (χ3n) is 12.6. The maximum absolute atomic E-state index is 16.5. The summed E-state index contributed by atoms with van der Waals surface area (Å²) in [6.07, 6.45) is 1.83. The molecule has 0 saturated carbocycles. The van der Waals surface area contributed by atoms with Crippen LogP contribution >= 0.6 is 0 Å². The molecule has 0 amide bonds. The van der Waals surface area contributed by atoms with Crippen LogP contribution in [0.15, 0.2) is 164 Å². The Kier molecular flexibility index (Phi) is 10.1. The fraction of sp³-hybridized carbons (Fsp3) is 0.158. The molecule has 8 heteroatoms. The van der Waals surface area contributed by atoms with Gasteiger partial charge in [-0.2, -0.15) is 8.78 Å². The molecule has 11 aromatic rings. The number of hydrogen-bond acceptors (Lipinski definition) is 2. The topological polar surface area (TPSA) is 49.7 Å². The number of benzene rings is 7. The van der Waals surface area contributed by atoms with Gasteiger partial charge in [0.05, 0.1) is 16.6 Å². The molecule has 7 aromatic carbocycles. The number of alkyl halides is 2. The zero-order valence-corrected chi connectivity index (χ0v) is 39.2. The first-order valence-electron chi connectivity index (χ1n) is 21.7. The smallest absolute Gasteiger partial charge is 0.656 e. The third-order valence-corrected chi connectivity index (χ3v) is 12.6. The van der Waals surface area contributed by atoms with Gasteiger partial charge in [0.2, 0.25) is 0 Å². The molecular formula is C57H45F2N5Pt. The standard InChI is InChI=1S/C57H45F2N5.Pt/c1-55(2,3)38-31-35(32-40(33-38)64-49-34-37(57(58,59)36-17-9-7-10-18-36)27-28-44(49)50-46(56(4,5)6)29-30-60-54(50)64)41-22-16-26-48-52(41)62-53(63(48)39-19-11-8-12-20-39)45-24-15-23-43-42-21-13-14-25-47(42)61-51(43)45;/h7-31,33-34H,1-6H3;/q-2;+2. The van der Waals surface area contributed by atoms with Crippen molar-refractivity contribution >= 4 is 54.8 Å². The quantitative estimate of drug-likeness (QED) is 0.156. The molecule has 4 heterocycles. The first-order valence-corrected chi connectivity index (χ1v) is 21.7. The molecule has 0 atom stereocenters. The zero-order chi connectivity index (χ0) is 44.1. The molecule has 11 rings (SSSR count). The monoisotopic (exact) mass is 1030 g/mol. The van der Waals surface area contributed by atoms with E-state index < -0.39 is 5.92 Å². The van der Waals surface area contributed by atoms with E-state index in [4.69, 9.17) is 15.0 Å². The number of nitrogens with zero attached hydrogens (tertiary/aromatic N) is 5. The molecule has 0 N–H and O–H groups in total. The SMILES string of the molecule is CC(C)(C)c1cc(-c2cccc3c2nc(-c2cccc4c2[n-]c2ccccc24)n3-c2ccccc2)[c-]c(-n2c3cc(C(F)(F)c4ccccc4)ccc3c3c(C(C)(C)C)ccnc32)c1.[Pt+2]. The summed E-state index contributed by atoms with van der Waals surface area (Å²) in [7, 11) is 0. The van der Waals surface area contributed by atoms with Crippen molar-refractivity contribution in [2.45, 2.75) is 58.3 Å². The Balaban J connectivity index is 0.00000498. The van der Waals surface area contributed by atoms with E-state index in [0.29, 0.717) is 16.9 Å². The van der Waals surface area contributed by atoms with Crippen LogP contribution in [-0.4, -0.2) is 19.1 Å². The summed E-state index contributed by atoms with van der Waals surface area (Å²) in [6, 6.07) is 54.5. The molecule has 0 fully saturated rings. The van der Waals surface area contributed by atoms with Crippen molar-refractivity contribution in [1.82, 2.24) is 24.1 Å². The van der Waals surface area contributed by atoms with Crippen molar-refractivity contribution in [1.29, 1.82) is 0 Å². The molecule has 0 unspecified atom stereocenters. The average molecular weight is 1030 g/mol. The predicted octanol–water partition coefficient (Wildman–Crippen LogP) is 14.6. The summed E-state index contributed by atoms with van der Waals surface area (Å²) in [5.41, 5.74) is 10.7. The Bertz CT molecular complexity index is 3610. The summed E-state index contributed by atoms with van der Waals surface area (Å²) in [5.74, 6) is -2.46. The van der Waals surface area contributed by atoms with E-state index in [1.54, 1.807) is 30.3 Å². The molecular weight excluding hydrogens is 988 g/mol. The first kappa shape index (κ1) is 42.3. The zero-order valence-electron chi connectivity index (χ0n) is 36.9. The average Bonchev–Trinajstić information content (AvgIpc) is 3.98. The van der Waals surface area contributed by atoms with Crippen molar-refractivity contribution in [2.75, 3.05) is 0 Å². The Labute approximate surface area is 391 Å². The van der Waals surface area contributed by atoms with E-state index in [-0.39, 0.29) is 43.0 Å². The number of hydrogen-bond donors (Lipinski definition) is 0. The van der Waals surface area contributed by atoms with Gasteiger partial charge in [0.15, 0.2) is 0 Å². The molecule has 5 nitrogen and oxygen atoms in total. The minimum Gasteiger partial charge on any atom is -0.656 e. The van der Waals surface area contributed by atoms with Gasteiger partial charge in [0, 0.05) is 39.3 Å². The van der Waals surface area contributed by atoms with E-state index in [1.807, 2.05) is 41.1 Å². The van der Waals surface area contributed by atoms with E-state index in [2.05, 4.69) is 137 Å². The van der Waals surface area contributed by atoms with Crippen molar-refractivity contribution < 1.29 is 29.8 Å². The van der Waals surface area contributed by atoms with Crippen LogP contribution in [0, 0.1) is 6.07 Å². The van der Waals surface area contributed by atoms with Gasteiger partial charge in [0.25, 0.3) is 5.92 Å². The van der Waals surface area contributed by atoms with Crippen molar-refractivity contribution in [3.05, 3.63) is 192 Å². The van der Waals surface area contributed by atoms with Crippen molar-refractivity contribution in [3.8, 4) is 33.9 Å². The molecule has 65 heavy (non-hydrogen) atoms. The number of pyridine rings is 1. The number of aromatic nitrogens is 5. The molecule has 0 aliphatic heterocycles. The van der Waals surface area contributed by atoms with Crippen LogP contribution in [-0.2, 0) is 37.8 Å². The van der Waals surface area contributed by atoms with Gasteiger partial charge >= 0.3 is 21.1 Å². The van der Waals surface area contributed by atoms with Gasteiger partial charge in [-0.3, -0.25) is 4.57 Å². The molecule has 0 saturated heterocycles. The van der Waals surface area contributed by atoms with Gasteiger partial charge in [-0.1, -0.05) is 162 Å². The first-order chi connectivity index (χ1) is 30.8. The summed E-state index contributed by atoms with van der Waals surface area (Å²) < 4.78 is 37.3. The van der Waals surface area contributed by atoms with Crippen LogP contribution < -0.4 is 4.98 Å². The van der Waals surface area contributed by atoms with Crippen molar-refractivity contribution in [3.63, 3.8) is 0 Å². The second-order valence-corrected chi connectivity index (χ2v) is 18.8. The van der Waals surface area contributed by atoms with Crippen LogP contribution in [0.5, 0.6) is 0 Å². The molecule has 322 valence electrons. The number of para-hydroxylation sites is 4. The minimum atomic E-state index is -3.24. The molecule has 0 aliphatic rings. The van der Waals surface area contributed by atoms with Crippen LogP contribution in [0.3, 0.4) is 0 Å². The number of halogens is 2. The maximum atomic E-state index is 16.5. The minimum absolute atomic E-state index is 0. The van der Waals surface area contributed by atoms with Crippen LogP contribution in [0.2, 0.25) is 0 Å². The largest absolute Gasteiger partial charge is 2.00 e. The number of rotatable bonds is 6. The van der Waals surface area contributed by atoms with Gasteiger partial charge < -0.3 is 9.55 Å². The van der Waals surface area contributed by atoms with E-state index in [1.165, 1.54) is 12.1 Å². The number of fused-ring (bicyclic) bond motifs is 7. The normalized spacial score (nSPS) is 12.5. The Hall–Kier alpha value is -6.69. The van der Waals surface area contributed by atoms with Gasteiger partial charge in [0.1, 0.15) is 11.5 Å². The molecule has 0 spiro atoms. The van der Waals surface area contributed by atoms with E-state index in [0.717, 1.165) is 82.9 Å². The Morgan fingerprint density at radius 3 is 2.02 bits per heavy atom. The maximum Gasteiger partial charge on any atom is 2.00 e. The summed E-state index contributed by atoms with van der Waals surface area (Å²) in [6.45, 7) is 13.1. The molecule has 0 aliphatic carbocycles. The fourth-order valence-electron chi connectivity index (χ4n) is 9.38. The number of imidazole rings is 1. The molecule has 4 aromatic heterocycles.